The Bertz CT molecular complexity index is 596. The van der Waals surface area contributed by atoms with Crippen LogP contribution in [0.2, 0.25) is 5.02 Å². The Labute approximate surface area is 123 Å². The molecular formula is C16H16ClNO2. The van der Waals surface area contributed by atoms with Crippen LogP contribution in [0.5, 0.6) is 5.75 Å². The Balaban J connectivity index is 2.23. The predicted molar refractivity (Wildman–Crippen MR) is 81.9 cm³/mol. The van der Waals surface area contributed by atoms with Crippen LogP contribution in [0.25, 0.3) is 0 Å². The number of hydrogen-bond acceptors (Lipinski definition) is 3. The van der Waals surface area contributed by atoms with E-state index in [1.807, 2.05) is 36.2 Å². The molecule has 0 N–H and O–H groups in total. The second-order valence-corrected chi connectivity index (χ2v) is 4.91. The van der Waals surface area contributed by atoms with E-state index < -0.39 is 0 Å². The van der Waals surface area contributed by atoms with Gasteiger partial charge in [-0.3, -0.25) is 4.79 Å². The van der Waals surface area contributed by atoms with E-state index in [4.69, 9.17) is 16.3 Å². The minimum Gasteiger partial charge on any atom is -0.497 e. The van der Waals surface area contributed by atoms with Gasteiger partial charge in [-0.15, -0.1) is 0 Å². The molecule has 2 aromatic rings. The molecule has 0 heterocycles. The fraction of sp³-hybridized carbons (Fsp3) is 0.188. The molecule has 0 spiro atoms. The number of methoxy groups -OCH3 is 1. The van der Waals surface area contributed by atoms with Crippen molar-refractivity contribution < 1.29 is 9.53 Å². The number of anilines is 1. The molecule has 0 amide bonds. The van der Waals surface area contributed by atoms with Crippen LogP contribution in [0.1, 0.15) is 15.9 Å². The van der Waals surface area contributed by atoms with Gasteiger partial charge in [0, 0.05) is 19.2 Å². The van der Waals surface area contributed by atoms with Crippen molar-refractivity contribution in [3.8, 4) is 5.75 Å². The number of carbonyl (C=O) groups is 1. The number of rotatable bonds is 5. The summed E-state index contributed by atoms with van der Waals surface area (Å²) < 4.78 is 5.13. The Morgan fingerprint density at radius 2 is 1.90 bits per heavy atom. The van der Waals surface area contributed by atoms with Crippen LogP contribution in [0.3, 0.4) is 0 Å². The number of nitrogens with zero attached hydrogens (tertiary/aromatic N) is 1. The molecule has 0 aromatic heterocycles. The lowest BCUT2D eigenvalue weighted by molar-refractivity contribution is 0.112. The molecule has 0 radical (unpaired) electrons. The minimum atomic E-state index is 0.575. The van der Waals surface area contributed by atoms with E-state index in [1.165, 1.54) is 0 Å². The molecule has 0 fully saturated rings. The Hall–Kier alpha value is -2.00. The van der Waals surface area contributed by atoms with Crippen LogP contribution in [0, 0.1) is 0 Å². The monoisotopic (exact) mass is 289 g/mol. The van der Waals surface area contributed by atoms with Crippen molar-refractivity contribution in [3.63, 3.8) is 0 Å². The second-order valence-electron chi connectivity index (χ2n) is 4.50. The molecule has 2 aromatic carbocycles. The van der Waals surface area contributed by atoms with E-state index in [0.717, 1.165) is 23.3 Å². The van der Waals surface area contributed by atoms with Gasteiger partial charge in [-0.2, -0.15) is 0 Å². The number of halogens is 1. The Morgan fingerprint density at radius 3 is 2.50 bits per heavy atom. The van der Waals surface area contributed by atoms with Gasteiger partial charge in [0.2, 0.25) is 0 Å². The third-order valence-corrected chi connectivity index (χ3v) is 3.41. The Morgan fingerprint density at radius 1 is 1.20 bits per heavy atom. The number of aldehydes is 1. The molecule has 0 aliphatic rings. The predicted octanol–water partition coefficient (Wildman–Crippen LogP) is 3.80. The van der Waals surface area contributed by atoms with Crippen LogP contribution >= 0.6 is 11.6 Å². The van der Waals surface area contributed by atoms with Crippen molar-refractivity contribution >= 4 is 23.6 Å². The first kappa shape index (κ1) is 14.4. The molecular weight excluding hydrogens is 274 g/mol. The summed E-state index contributed by atoms with van der Waals surface area (Å²) in [5.74, 6) is 0.822. The molecule has 0 unspecified atom stereocenters. The van der Waals surface area contributed by atoms with Gasteiger partial charge in [-0.1, -0.05) is 29.8 Å². The van der Waals surface area contributed by atoms with Crippen molar-refractivity contribution in [2.24, 2.45) is 0 Å². The fourth-order valence-electron chi connectivity index (χ4n) is 2.11. The van der Waals surface area contributed by atoms with Gasteiger partial charge in [0.25, 0.3) is 0 Å². The van der Waals surface area contributed by atoms with E-state index in [-0.39, 0.29) is 0 Å². The highest BCUT2D eigenvalue weighted by Gasteiger charge is 2.11. The molecule has 2 rings (SSSR count). The summed E-state index contributed by atoms with van der Waals surface area (Å²) in [5, 5.41) is 0.575. The highest BCUT2D eigenvalue weighted by atomic mass is 35.5. The van der Waals surface area contributed by atoms with Crippen LogP contribution in [-0.2, 0) is 6.54 Å². The van der Waals surface area contributed by atoms with Gasteiger partial charge >= 0.3 is 0 Å². The molecule has 0 bridgehead atoms. The smallest absolute Gasteiger partial charge is 0.152 e. The quantitative estimate of drug-likeness (QED) is 0.784. The van der Waals surface area contributed by atoms with Gasteiger partial charge in [0.05, 0.1) is 17.8 Å². The van der Waals surface area contributed by atoms with Gasteiger partial charge in [-0.05, 0) is 29.8 Å². The first-order chi connectivity index (χ1) is 9.65. The van der Waals surface area contributed by atoms with Crippen molar-refractivity contribution in [2.75, 3.05) is 19.1 Å². The molecule has 0 saturated heterocycles. The number of para-hydroxylation sites is 1. The lowest BCUT2D eigenvalue weighted by atomic mass is 10.1. The summed E-state index contributed by atoms with van der Waals surface area (Å²) in [7, 11) is 3.56. The first-order valence-corrected chi connectivity index (χ1v) is 6.61. The third-order valence-electron chi connectivity index (χ3n) is 3.11. The number of hydrogen-bond donors (Lipinski definition) is 0. The van der Waals surface area contributed by atoms with Gasteiger partial charge in [0.1, 0.15) is 5.75 Å². The summed E-state index contributed by atoms with van der Waals surface area (Å²) in [6.07, 6.45) is 0.825. The topological polar surface area (TPSA) is 29.5 Å². The normalized spacial score (nSPS) is 10.2. The lowest BCUT2D eigenvalue weighted by Gasteiger charge is -2.22. The second kappa shape index (κ2) is 6.44. The zero-order valence-electron chi connectivity index (χ0n) is 11.5. The summed E-state index contributed by atoms with van der Waals surface area (Å²) >= 11 is 6.20. The minimum absolute atomic E-state index is 0.575. The van der Waals surface area contributed by atoms with Crippen LogP contribution < -0.4 is 9.64 Å². The number of carbonyl (C=O) groups excluding carboxylic acids is 1. The van der Waals surface area contributed by atoms with Gasteiger partial charge < -0.3 is 9.64 Å². The lowest BCUT2D eigenvalue weighted by Crippen LogP contribution is -2.18. The molecule has 0 saturated carbocycles. The van der Waals surface area contributed by atoms with Crippen molar-refractivity contribution in [1.82, 2.24) is 0 Å². The van der Waals surface area contributed by atoms with Gasteiger partial charge in [-0.25, -0.2) is 0 Å². The number of benzene rings is 2. The zero-order chi connectivity index (χ0) is 14.5. The summed E-state index contributed by atoms with van der Waals surface area (Å²) in [5.41, 5.74) is 2.46. The fourth-order valence-corrected chi connectivity index (χ4v) is 2.44. The molecule has 104 valence electrons. The van der Waals surface area contributed by atoms with Crippen molar-refractivity contribution in [1.29, 1.82) is 0 Å². The maximum atomic E-state index is 11.1. The number of ether oxygens (including phenoxy) is 1. The van der Waals surface area contributed by atoms with Crippen molar-refractivity contribution in [2.45, 2.75) is 6.54 Å². The molecule has 0 aliphatic heterocycles. The molecule has 0 atom stereocenters. The van der Waals surface area contributed by atoms with E-state index in [2.05, 4.69) is 0 Å². The standard InChI is InChI=1S/C16H16ClNO2/c1-18(10-12-6-8-14(20-2)9-7-12)16-13(11-19)4-3-5-15(16)17/h3-9,11H,10H2,1-2H3. The van der Waals surface area contributed by atoms with E-state index >= 15 is 0 Å². The largest absolute Gasteiger partial charge is 0.497 e. The Kier molecular flexibility index (Phi) is 4.64. The van der Waals surface area contributed by atoms with Gasteiger partial charge in [0.15, 0.2) is 6.29 Å². The summed E-state index contributed by atoms with van der Waals surface area (Å²) in [6.45, 7) is 0.661. The van der Waals surface area contributed by atoms with E-state index in [1.54, 1.807) is 25.3 Å². The molecule has 4 heteroatoms. The molecule has 20 heavy (non-hydrogen) atoms. The van der Waals surface area contributed by atoms with E-state index in [9.17, 15) is 4.79 Å². The maximum absolute atomic E-state index is 11.1. The molecule has 0 aliphatic carbocycles. The van der Waals surface area contributed by atoms with Crippen LogP contribution in [-0.4, -0.2) is 20.4 Å². The van der Waals surface area contributed by atoms with Crippen LogP contribution in [0.15, 0.2) is 42.5 Å². The zero-order valence-corrected chi connectivity index (χ0v) is 12.2. The maximum Gasteiger partial charge on any atom is 0.152 e. The van der Waals surface area contributed by atoms with Crippen molar-refractivity contribution in [3.05, 3.63) is 58.6 Å². The molecule has 3 nitrogen and oxygen atoms in total. The average molecular weight is 290 g/mol. The first-order valence-electron chi connectivity index (χ1n) is 6.23. The third kappa shape index (κ3) is 3.11. The highest BCUT2D eigenvalue weighted by Crippen LogP contribution is 2.29. The highest BCUT2D eigenvalue weighted by molar-refractivity contribution is 6.33. The summed E-state index contributed by atoms with van der Waals surface area (Å²) in [6, 6.07) is 13.1. The summed E-state index contributed by atoms with van der Waals surface area (Å²) in [4.78, 5) is 13.1. The average Bonchev–Trinajstić information content (AvgIpc) is 2.47. The van der Waals surface area contributed by atoms with Crippen LogP contribution in [0.4, 0.5) is 5.69 Å². The SMILES string of the molecule is COc1ccc(CN(C)c2c(Cl)cccc2C=O)cc1. The van der Waals surface area contributed by atoms with E-state index in [0.29, 0.717) is 17.1 Å².